The Morgan fingerprint density at radius 3 is 2.00 bits per heavy atom. The van der Waals surface area contributed by atoms with E-state index < -0.39 is 18.0 Å². The summed E-state index contributed by atoms with van der Waals surface area (Å²) in [5.41, 5.74) is 2.33. The van der Waals surface area contributed by atoms with Gasteiger partial charge in [-0.25, -0.2) is 4.79 Å². The molecule has 2 rings (SSSR count). The first kappa shape index (κ1) is 23.7. The highest BCUT2D eigenvalue weighted by atomic mass is 16.5. The van der Waals surface area contributed by atoms with Gasteiger partial charge in [0.25, 0.3) is 5.91 Å². The molecule has 0 saturated carbocycles. The quantitative estimate of drug-likeness (QED) is 0.489. The zero-order valence-electron chi connectivity index (χ0n) is 18.1. The highest BCUT2D eigenvalue weighted by molar-refractivity contribution is 5.98. The van der Waals surface area contributed by atoms with Gasteiger partial charge in [0.15, 0.2) is 0 Å². The van der Waals surface area contributed by atoms with Crippen LogP contribution in [-0.2, 0) is 32.2 Å². The molecule has 0 aromatic heterocycles. The van der Waals surface area contributed by atoms with E-state index in [9.17, 15) is 14.4 Å². The van der Waals surface area contributed by atoms with Crippen molar-refractivity contribution in [1.29, 1.82) is 0 Å². The molecule has 0 fully saturated rings. The minimum Gasteiger partial charge on any atom is -0.465 e. The lowest BCUT2D eigenvalue weighted by molar-refractivity contribution is -0.148. The average Bonchev–Trinajstić information content (AvgIpc) is 2.76. The van der Waals surface area contributed by atoms with Gasteiger partial charge in [0, 0.05) is 6.54 Å². The summed E-state index contributed by atoms with van der Waals surface area (Å²) in [6.07, 6.45) is -0.746. The number of ether oxygens (including phenoxy) is 2. The molecule has 0 aliphatic heterocycles. The number of amides is 2. The van der Waals surface area contributed by atoms with Crippen molar-refractivity contribution in [3.63, 3.8) is 0 Å². The molecular weight excluding hydrogens is 396 g/mol. The normalized spacial score (nSPS) is 10.0. The van der Waals surface area contributed by atoms with Crippen molar-refractivity contribution in [3.8, 4) is 0 Å². The van der Waals surface area contributed by atoms with E-state index in [0.717, 1.165) is 11.1 Å². The average molecular weight is 424 g/mol. The van der Waals surface area contributed by atoms with Crippen LogP contribution in [0.1, 0.15) is 31.9 Å². The first-order valence-electron chi connectivity index (χ1n) is 10.0. The molecule has 1 N–H and O–H groups in total. The molecule has 31 heavy (non-hydrogen) atoms. The van der Waals surface area contributed by atoms with E-state index in [2.05, 4.69) is 5.32 Å². The molecule has 164 valence electrons. The number of benzene rings is 2. The van der Waals surface area contributed by atoms with E-state index >= 15 is 0 Å². The SMILES string of the molecule is CCOC(=O)CN(Cc1ccccc1)C(=O)C(NC(=O)OCc1ccccc1)=C(C)C. The van der Waals surface area contributed by atoms with Crippen LogP contribution in [0.4, 0.5) is 4.79 Å². The van der Waals surface area contributed by atoms with Crippen molar-refractivity contribution >= 4 is 18.0 Å². The maximum absolute atomic E-state index is 13.2. The van der Waals surface area contributed by atoms with E-state index in [4.69, 9.17) is 9.47 Å². The smallest absolute Gasteiger partial charge is 0.412 e. The van der Waals surface area contributed by atoms with Crippen molar-refractivity contribution < 1.29 is 23.9 Å². The Hall–Kier alpha value is -3.61. The molecule has 0 unspecified atom stereocenters. The number of rotatable bonds is 9. The third-order valence-corrected chi connectivity index (χ3v) is 4.28. The van der Waals surface area contributed by atoms with Gasteiger partial charge in [-0.15, -0.1) is 0 Å². The van der Waals surface area contributed by atoms with E-state index in [1.165, 1.54) is 4.90 Å². The fraction of sp³-hybridized carbons (Fsp3) is 0.292. The first-order valence-corrected chi connectivity index (χ1v) is 10.0. The maximum atomic E-state index is 13.2. The molecular formula is C24H28N2O5. The van der Waals surface area contributed by atoms with Gasteiger partial charge in [0.1, 0.15) is 18.8 Å². The summed E-state index contributed by atoms with van der Waals surface area (Å²) in [6, 6.07) is 18.5. The van der Waals surface area contributed by atoms with E-state index in [0.29, 0.717) is 5.57 Å². The number of allylic oxidation sites excluding steroid dienone is 1. The fourth-order valence-electron chi connectivity index (χ4n) is 2.78. The molecule has 0 atom stereocenters. The number of hydrogen-bond donors (Lipinski definition) is 1. The minimum absolute atomic E-state index is 0.0679. The Kier molecular flexibility index (Phi) is 9.29. The Labute approximate surface area is 182 Å². The summed E-state index contributed by atoms with van der Waals surface area (Å²) in [4.78, 5) is 39.0. The molecule has 0 aliphatic rings. The van der Waals surface area contributed by atoms with Crippen LogP contribution in [0, 0.1) is 0 Å². The summed E-state index contributed by atoms with van der Waals surface area (Å²) in [5, 5.41) is 2.53. The van der Waals surface area contributed by atoms with Crippen LogP contribution in [0.15, 0.2) is 71.9 Å². The molecule has 0 spiro atoms. The monoisotopic (exact) mass is 424 g/mol. The fourth-order valence-corrected chi connectivity index (χ4v) is 2.78. The van der Waals surface area contributed by atoms with E-state index in [1.807, 2.05) is 60.7 Å². The molecule has 7 nitrogen and oxygen atoms in total. The molecule has 2 amide bonds. The Morgan fingerprint density at radius 2 is 1.45 bits per heavy atom. The largest absolute Gasteiger partial charge is 0.465 e. The van der Waals surface area contributed by atoms with Crippen LogP contribution in [0.5, 0.6) is 0 Å². The second-order valence-corrected chi connectivity index (χ2v) is 7.01. The number of esters is 1. The Balaban J connectivity index is 2.12. The second-order valence-electron chi connectivity index (χ2n) is 7.01. The molecule has 0 heterocycles. The number of nitrogens with one attached hydrogen (secondary N) is 1. The van der Waals surface area contributed by atoms with Crippen LogP contribution >= 0.6 is 0 Å². The predicted molar refractivity (Wildman–Crippen MR) is 117 cm³/mol. The summed E-state index contributed by atoms with van der Waals surface area (Å²) in [7, 11) is 0. The molecule has 2 aromatic rings. The molecule has 2 aromatic carbocycles. The summed E-state index contributed by atoms with van der Waals surface area (Å²) < 4.78 is 10.2. The molecule has 0 aliphatic carbocycles. The van der Waals surface area contributed by atoms with Gasteiger partial charge in [0.05, 0.1) is 6.61 Å². The third kappa shape index (κ3) is 7.97. The van der Waals surface area contributed by atoms with Crippen molar-refractivity contribution in [1.82, 2.24) is 10.2 Å². The zero-order chi connectivity index (χ0) is 22.6. The highest BCUT2D eigenvalue weighted by Crippen LogP contribution is 2.12. The number of nitrogens with zero attached hydrogens (tertiary/aromatic N) is 1. The standard InChI is InChI=1S/C24H28N2O5/c1-4-30-21(27)16-26(15-19-11-7-5-8-12-19)23(28)22(18(2)3)25-24(29)31-17-20-13-9-6-10-14-20/h5-14H,4,15-17H2,1-3H3,(H,25,29). The van der Waals surface area contributed by atoms with E-state index in [-0.39, 0.29) is 32.0 Å². The van der Waals surface area contributed by atoms with Crippen molar-refractivity contribution in [2.24, 2.45) is 0 Å². The van der Waals surface area contributed by atoms with Crippen molar-refractivity contribution in [2.45, 2.75) is 33.9 Å². The topological polar surface area (TPSA) is 84.9 Å². The van der Waals surface area contributed by atoms with Crippen LogP contribution in [0.2, 0.25) is 0 Å². The Bertz CT molecular complexity index is 906. The number of alkyl carbamates (subject to hydrolysis) is 1. The molecule has 7 heteroatoms. The number of carbonyl (C=O) groups excluding carboxylic acids is 3. The van der Waals surface area contributed by atoms with Crippen molar-refractivity contribution in [2.75, 3.05) is 13.2 Å². The maximum Gasteiger partial charge on any atom is 0.412 e. The van der Waals surface area contributed by atoms with Crippen LogP contribution in [0.25, 0.3) is 0 Å². The van der Waals surface area contributed by atoms with Crippen molar-refractivity contribution in [3.05, 3.63) is 83.1 Å². The second kappa shape index (κ2) is 12.2. The van der Waals surface area contributed by atoms with Gasteiger partial charge in [0.2, 0.25) is 0 Å². The van der Waals surface area contributed by atoms with Gasteiger partial charge in [-0.05, 0) is 37.5 Å². The lowest BCUT2D eigenvalue weighted by Gasteiger charge is -2.24. The van der Waals surface area contributed by atoms with Gasteiger partial charge in [-0.1, -0.05) is 60.7 Å². The van der Waals surface area contributed by atoms with Crippen LogP contribution < -0.4 is 5.32 Å². The van der Waals surface area contributed by atoms with Crippen LogP contribution in [0.3, 0.4) is 0 Å². The highest BCUT2D eigenvalue weighted by Gasteiger charge is 2.24. The molecule has 0 bridgehead atoms. The number of carbonyl (C=O) groups is 3. The summed E-state index contributed by atoms with van der Waals surface area (Å²) in [6.45, 7) is 5.35. The summed E-state index contributed by atoms with van der Waals surface area (Å²) >= 11 is 0. The zero-order valence-corrected chi connectivity index (χ0v) is 18.1. The summed E-state index contributed by atoms with van der Waals surface area (Å²) in [5.74, 6) is -1.01. The first-order chi connectivity index (χ1) is 14.9. The van der Waals surface area contributed by atoms with Gasteiger partial charge in [-0.2, -0.15) is 0 Å². The molecule has 0 saturated heterocycles. The Morgan fingerprint density at radius 1 is 0.871 bits per heavy atom. The molecule has 0 radical (unpaired) electrons. The lowest BCUT2D eigenvalue weighted by Crippen LogP contribution is -2.41. The van der Waals surface area contributed by atoms with Gasteiger partial charge >= 0.3 is 12.1 Å². The van der Waals surface area contributed by atoms with Crippen LogP contribution in [-0.4, -0.2) is 36.0 Å². The van der Waals surface area contributed by atoms with E-state index in [1.54, 1.807) is 20.8 Å². The lowest BCUT2D eigenvalue weighted by atomic mass is 10.2. The predicted octanol–water partition coefficient (Wildman–Crippen LogP) is 3.80. The van der Waals surface area contributed by atoms with Gasteiger partial charge < -0.3 is 14.4 Å². The third-order valence-electron chi connectivity index (χ3n) is 4.28. The van der Waals surface area contributed by atoms with Gasteiger partial charge in [-0.3, -0.25) is 14.9 Å². The minimum atomic E-state index is -0.746. The number of hydrogen-bond acceptors (Lipinski definition) is 5.